The van der Waals surface area contributed by atoms with E-state index in [9.17, 15) is 9.35 Å². The van der Waals surface area contributed by atoms with Gasteiger partial charge in [0, 0.05) is 35.7 Å². The van der Waals surface area contributed by atoms with Crippen LogP contribution in [0.4, 0.5) is 0 Å². The Morgan fingerprint density at radius 3 is 2.43 bits per heavy atom. The van der Waals surface area contributed by atoms with Crippen LogP contribution < -0.4 is 18.9 Å². The van der Waals surface area contributed by atoms with E-state index in [0.29, 0.717) is 38.8 Å². The number of nitrogens with zero attached hydrogens (tertiary/aromatic N) is 2. The van der Waals surface area contributed by atoms with Gasteiger partial charge in [-0.05, 0) is 18.6 Å². The van der Waals surface area contributed by atoms with Gasteiger partial charge < -0.3 is 23.5 Å². The Labute approximate surface area is 177 Å². The molecule has 1 heterocycles. The van der Waals surface area contributed by atoms with E-state index in [4.69, 9.17) is 18.9 Å². The Bertz CT molecular complexity index is 1040. The van der Waals surface area contributed by atoms with E-state index in [0.717, 1.165) is 6.42 Å². The molecule has 1 atom stereocenters. The van der Waals surface area contributed by atoms with Gasteiger partial charge in [0.1, 0.15) is 6.33 Å². The number of rotatable bonds is 8. The van der Waals surface area contributed by atoms with Gasteiger partial charge in [0.15, 0.2) is 16.4 Å². The lowest BCUT2D eigenvalue weighted by atomic mass is 10.1. The van der Waals surface area contributed by atoms with Gasteiger partial charge in [-0.3, -0.25) is 4.79 Å². The smallest absolute Gasteiger partial charge is 0.308 e. The first-order chi connectivity index (χ1) is 14.5. The summed E-state index contributed by atoms with van der Waals surface area (Å²) in [7, 11) is 2.91. The Morgan fingerprint density at radius 2 is 1.83 bits per heavy atom. The van der Waals surface area contributed by atoms with Crippen molar-refractivity contribution in [2.24, 2.45) is 0 Å². The molecular formula is C21H22N2O6S. The van der Waals surface area contributed by atoms with Crippen molar-refractivity contribution in [3.63, 3.8) is 0 Å². The van der Waals surface area contributed by atoms with E-state index >= 15 is 0 Å². The van der Waals surface area contributed by atoms with Crippen LogP contribution in [0.15, 0.2) is 46.7 Å². The van der Waals surface area contributed by atoms with Crippen LogP contribution in [0.5, 0.6) is 23.0 Å². The molecule has 0 aliphatic rings. The molecule has 0 amide bonds. The van der Waals surface area contributed by atoms with Crippen molar-refractivity contribution in [3.8, 4) is 23.0 Å². The third kappa shape index (κ3) is 4.12. The number of esters is 1. The van der Waals surface area contributed by atoms with Crippen LogP contribution >= 0.6 is 0 Å². The standard InChI is InChI=1S/C21H22N2O6S/c1-5-11-28-18-14-7-6-8-15(30(25)16-9-10-22-12-23-16)17(14)19(29-13(2)24)21(27-4)20(18)26-3/h6-10,12H,5,11H2,1-4H3. The molecule has 2 aromatic carbocycles. The molecule has 0 saturated carbocycles. The molecule has 1 unspecified atom stereocenters. The van der Waals surface area contributed by atoms with E-state index in [1.54, 1.807) is 24.3 Å². The topological polar surface area (TPSA) is 103 Å². The highest BCUT2D eigenvalue weighted by atomic mass is 32.2. The summed E-state index contributed by atoms with van der Waals surface area (Å²) in [4.78, 5) is 20.2. The van der Waals surface area contributed by atoms with Crippen molar-refractivity contribution in [3.05, 3.63) is 36.8 Å². The monoisotopic (exact) mass is 430 g/mol. The lowest BCUT2D eigenvalue weighted by molar-refractivity contribution is -0.131. The minimum atomic E-state index is -1.67. The van der Waals surface area contributed by atoms with Gasteiger partial charge in [0.25, 0.3) is 5.03 Å². The van der Waals surface area contributed by atoms with Crippen LogP contribution in [0.1, 0.15) is 20.3 Å². The van der Waals surface area contributed by atoms with Crippen LogP contribution in [-0.4, -0.2) is 41.3 Å². The van der Waals surface area contributed by atoms with Gasteiger partial charge >= 0.3 is 5.97 Å². The Kier molecular flexibility index (Phi) is 6.96. The van der Waals surface area contributed by atoms with Gasteiger partial charge in [-0.15, -0.1) is 0 Å². The molecule has 0 fully saturated rings. The zero-order valence-electron chi connectivity index (χ0n) is 17.1. The number of carbonyl (C=O) groups is 1. The minimum absolute atomic E-state index is 0.110. The molecule has 0 aliphatic heterocycles. The third-order valence-corrected chi connectivity index (χ3v) is 5.53. The molecule has 8 nitrogen and oxygen atoms in total. The molecule has 0 bridgehead atoms. The van der Waals surface area contributed by atoms with Crippen LogP contribution in [-0.2, 0) is 16.0 Å². The molecule has 0 radical (unpaired) electrons. The van der Waals surface area contributed by atoms with Gasteiger partial charge in [0.05, 0.1) is 26.2 Å². The van der Waals surface area contributed by atoms with Crippen molar-refractivity contribution in [2.45, 2.75) is 30.2 Å². The summed E-state index contributed by atoms with van der Waals surface area (Å²) in [5.74, 6) is 0.446. The lowest BCUT2D eigenvalue weighted by Crippen LogP contribution is -2.10. The maximum absolute atomic E-state index is 13.3. The van der Waals surface area contributed by atoms with E-state index < -0.39 is 17.1 Å². The van der Waals surface area contributed by atoms with Gasteiger partial charge in [-0.25, -0.2) is 4.98 Å². The number of benzene rings is 2. The average Bonchev–Trinajstić information content (AvgIpc) is 2.77. The summed E-state index contributed by atoms with van der Waals surface area (Å²) >= 11 is -1.67. The maximum atomic E-state index is 13.3. The highest BCUT2D eigenvalue weighted by Gasteiger charge is 2.31. The summed E-state index contributed by atoms with van der Waals surface area (Å²) in [6.07, 6.45) is 3.60. The fourth-order valence-corrected chi connectivity index (χ4v) is 4.15. The fraction of sp³-hybridized carbons (Fsp3) is 0.286. The summed E-state index contributed by atoms with van der Waals surface area (Å²) in [5.41, 5.74) is 0. The minimum Gasteiger partial charge on any atom is -0.605 e. The van der Waals surface area contributed by atoms with Gasteiger partial charge in [0.2, 0.25) is 11.5 Å². The second-order valence-corrected chi connectivity index (χ2v) is 7.56. The van der Waals surface area contributed by atoms with Crippen LogP contribution in [0, 0.1) is 0 Å². The van der Waals surface area contributed by atoms with E-state index in [-0.39, 0.29) is 11.5 Å². The largest absolute Gasteiger partial charge is 0.605 e. The molecule has 0 spiro atoms. The first kappa shape index (κ1) is 21.7. The van der Waals surface area contributed by atoms with Crippen LogP contribution in [0.3, 0.4) is 0 Å². The molecule has 3 rings (SSSR count). The lowest BCUT2D eigenvalue weighted by Gasteiger charge is -2.21. The zero-order chi connectivity index (χ0) is 21.7. The summed E-state index contributed by atoms with van der Waals surface area (Å²) in [6.45, 7) is 3.69. The average molecular weight is 430 g/mol. The number of fused-ring (bicyclic) bond motifs is 1. The molecule has 0 saturated heterocycles. The molecule has 3 aromatic rings. The van der Waals surface area contributed by atoms with Crippen molar-refractivity contribution < 1.29 is 28.3 Å². The number of aromatic nitrogens is 2. The molecule has 158 valence electrons. The number of methoxy groups -OCH3 is 2. The number of hydrogen-bond donors (Lipinski definition) is 0. The highest BCUT2D eigenvalue weighted by Crippen LogP contribution is 2.53. The maximum Gasteiger partial charge on any atom is 0.308 e. The Hall–Kier alpha value is -3.04. The first-order valence-corrected chi connectivity index (χ1v) is 10.4. The Balaban J connectivity index is 2.40. The predicted molar refractivity (Wildman–Crippen MR) is 111 cm³/mol. The van der Waals surface area contributed by atoms with Crippen LogP contribution in [0.25, 0.3) is 10.8 Å². The summed E-state index contributed by atoms with van der Waals surface area (Å²) < 4.78 is 35.9. The fourth-order valence-electron chi connectivity index (χ4n) is 3.01. The summed E-state index contributed by atoms with van der Waals surface area (Å²) in [6, 6.07) is 6.79. The third-order valence-electron chi connectivity index (χ3n) is 4.17. The van der Waals surface area contributed by atoms with Gasteiger partial charge in [-0.1, -0.05) is 13.0 Å². The second kappa shape index (κ2) is 9.64. The van der Waals surface area contributed by atoms with E-state index in [2.05, 4.69) is 9.97 Å². The SMILES string of the molecule is CCCOc1c(OC)c(OC)c(OC(C)=O)c2c([S+]([O-])c3ccncn3)cccc12. The number of carbonyl (C=O) groups excluding carboxylic acids is 1. The normalized spacial score (nSPS) is 11.8. The summed E-state index contributed by atoms with van der Waals surface area (Å²) in [5, 5.41) is 1.32. The van der Waals surface area contributed by atoms with Crippen molar-refractivity contribution in [1.82, 2.24) is 9.97 Å². The molecule has 30 heavy (non-hydrogen) atoms. The predicted octanol–water partition coefficient (Wildman–Crippen LogP) is 3.53. The zero-order valence-corrected chi connectivity index (χ0v) is 17.9. The van der Waals surface area contributed by atoms with Crippen molar-refractivity contribution in [2.75, 3.05) is 20.8 Å². The molecular weight excluding hydrogens is 408 g/mol. The van der Waals surface area contributed by atoms with Gasteiger partial charge in [-0.2, -0.15) is 4.98 Å². The second-order valence-electron chi connectivity index (χ2n) is 6.16. The Morgan fingerprint density at radius 1 is 1.10 bits per heavy atom. The van der Waals surface area contributed by atoms with Crippen molar-refractivity contribution in [1.29, 1.82) is 0 Å². The van der Waals surface area contributed by atoms with E-state index in [1.165, 1.54) is 33.7 Å². The van der Waals surface area contributed by atoms with Crippen molar-refractivity contribution >= 4 is 27.9 Å². The van der Waals surface area contributed by atoms with Crippen LogP contribution in [0.2, 0.25) is 0 Å². The molecule has 9 heteroatoms. The first-order valence-electron chi connectivity index (χ1n) is 9.23. The molecule has 0 N–H and O–H groups in total. The number of ether oxygens (including phenoxy) is 4. The highest BCUT2D eigenvalue weighted by molar-refractivity contribution is 7.91. The number of hydrogen-bond acceptors (Lipinski definition) is 8. The quantitative estimate of drug-likeness (QED) is 0.231. The van der Waals surface area contributed by atoms with E-state index in [1.807, 2.05) is 6.92 Å². The molecule has 1 aromatic heterocycles. The molecule has 0 aliphatic carbocycles.